The summed E-state index contributed by atoms with van der Waals surface area (Å²) in [6.45, 7) is 4.22. The van der Waals surface area contributed by atoms with Crippen LogP contribution in [-0.4, -0.2) is 55.9 Å². The van der Waals surface area contributed by atoms with Gasteiger partial charge in [-0.3, -0.25) is 19.6 Å². The van der Waals surface area contributed by atoms with E-state index in [1.54, 1.807) is 48.9 Å². The molecule has 0 aliphatic heterocycles. The Kier molecular flexibility index (Phi) is 8.11. The third kappa shape index (κ3) is 5.70. The zero-order chi connectivity index (χ0) is 27.2. The van der Waals surface area contributed by atoms with Crippen molar-refractivity contribution in [2.75, 3.05) is 25.2 Å². The lowest BCUT2D eigenvalue weighted by Gasteiger charge is -2.22. The molecule has 38 heavy (non-hydrogen) atoms. The fourth-order valence-corrected chi connectivity index (χ4v) is 4.06. The summed E-state index contributed by atoms with van der Waals surface area (Å²) in [4.78, 5) is 37.9. The smallest absolute Gasteiger partial charge is 0.373 e. The number of ether oxygens (including phenoxy) is 3. The maximum atomic E-state index is 12.3. The molecule has 0 aliphatic carbocycles. The van der Waals surface area contributed by atoms with Crippen LogP contribution in [0.15, 0.2) is 35.2 Å². The molecule has 0 bridgehead atoms. The molecule has 0 amide bonds. The van der Waals surface area contributed by atoms with Gasteiger partial charge in [0.2, 0.25) is 11.7 Å². The lowest BCUT2D eigenvalue weighted by Crippen LogP contribution is -2.28. The quantitative estimate of drug-likeness (QED) is 0.151. The molecule has 200 valence electrons. The number of furan rings is 1. The zero-order valence-corrected chi connectivity index (χ0v) is 21.4. The number of pyridine rings is 1. The van der Waals surface area contributed by atoms with Crippen molar-refractivity contribution < 1.29 is 28.3 Å². The van der Waals surface area contributed by atoms with E-state index >= 15 is 0 Å². The standard InChI is InChI=1S/C24H27N7O7/c1-5-36-19(32)8-9-30(12-17-7-6-10-37-17)23-21(31(33)34)24(26-14-25-23)38-18-11-16(13-35-4)20-15(2)28-29(3)22(20)27-18/h6-7,10-11,14H,5,8-9,12-13H2,1-4H3. The van der Waals surface area contributed by atoms with Crippen LogP contribution in [-0.2, 0) is 34.5 Å². The predicted octanol–water partition coefficient (Wildman–Crippen LogP) is 3.47. The minimum atomic E-state index is -0.632. The number of aromatic nitrogens is 5. The Hall–Kier alpha value is -4.59. The molecule has 0 saturated heterocycles. The highest BCUT2D eigenvalue weighted by atomic mass is 16.6. The molecule has 0 N–H and O–H groups in total. The zero-order valence-electron chi connectivity index (χ0n) is 21.4. The molecule has 0 radical (unpaired) electrons. The van der Waals surface area contributed by atoms with E-state index in [1.807, 2.05) is 6.92 Å². The molecule has 0 aliphatic rings. The van der Waals surface area contributed by atoms with Crippen molar-refractivity contribution in [1.29, 1.82) is 0 Å². The van der Waals surface area contributed by atoms with Crippen molar-refractivity contribution in [3.05, 3.63) is 57.9 Å². The number of fused-ring (bicyclic) bond motifs is 1. The topological polar surface area (TPSA) is 161 Å². The first-order valence-corrected chi connectivity index (χ1v) is 11.7. The van der Waals surface area contributed by atoms with Crippen LogP contribution >= 0.6 is 0 Å². The van der Waals surface area contributed by atoms with Gasteiger partial charge in [-0.2, -0.15) is 15.1 Å². The maximum Gasteiger partial charge on any atom is 0.373 e. The Balaban J connectivity index is 1.74. The van der Waals surface area contributed by atoms with E-state index in [4.69, 9.17) is 18.6 Å². The molecule has 0 aromatic carbocycles. The van der Waals surface area contributed by atoms with Crippen LogP contribution in [0.4, 0.5) is 11.5 Å². The van der Waals surface area contributed by atoms with Crippen LogP contribution in [0.25, 0.3) is 11.0 Å². The van der Waals surface area contributed by atoms with E-state index in [0.717, 1.165) is 23.0 Å². The normalized spacial score (nSPS) is 11.1. The third-order valence-corrected chi connectivity index (χ3v) is 5.60. The number of aryl methyl sites for hydroxylation is 2. The van der Waals surface area contributed by atoms with E-state index in [1.165, 1.54) is 6.26 Å². The van der Waals surface area contributed by atoms with Gasteiger partial charge < -0.3 is 23.5 Å². The van der Waals surface area contributed by atoms with Gasteiger partial charge in [-0.05, 0) is 31.5 Å². The van der Waals surface area contributed by atoms with Crippen LogP contribution in [0.2, 0.25) is 0 Å². The molecule has 14 heteroatoms. The molecule has 4 aromatic heterocycles. The molecule has 4 aromatic rings. The third-order valence-electron chi connectivity index (χ3n) is 5.60. The summed E-state index contributed by atoms with van der Waals surface area (Å²) in [7, 11) is 3.30. The van der Waals surface area contributed by atoms with Gasteiger partial charge in [0.1, 0.15) is 12.1 Å². The number of methoxy groups -OCH3 is 1. The van der Waals surface area contributed by atoms with Crippen molar-refractivity contribution in [1.82, 2.24) is 24.7 Å². The number of nitrogens with zero attached hydrogens (tertiary/aromatic N) is 7. The summed E-state index contributed by atoms with van der Waals surface area (Å²) in [5, 5.41) is 17.5. The molecule has 0 atom stereocenters. The highest BCUT2D eigenvalue weighted by molar-refractivity contribution is 5.82. The molecular formula is C24H27N7O7. The van der Waals surface area contributed by atoms with E-state index in [2.05, 4.69) is 20.1 Å². The van der Waals surface area contributed by atoms with Crippen molar-refractivity contribution in [3.8, 4) is 11.8 Å². The second-order valence-electron chi connectivity index (χ2n) is 8.23. The van der Waals surface area contributed by atoms with Gasteiger partial charge in [-0.25, -0.2) is 4.98 Å². The van der Waals surface area contributed by atoms with Gasteiger partial charge in [0.05, 0.1) is 43.1 Å². The van der Waals surface area contributed by atoms with Crippen molar-refractivity contribution in [2.24, 2.45) is 7.05 Å². The maximum absolute atomic E-state index is 12.3. The van der Waals surface area contributed by atoms with E-state index < -0.39 is 16.6 Å². The largest absolute Gasteiger partial charge is 0.467 e. The highest BCUT2D eigenvalue weighted by Crippen LogP contribution is 2.37. The minimum Gasteiger partial charge on any atom is -0.467 e. The fourth-order valence-electron chi connectivity index (χ4n) is 4.06. The Morgan fingerprint density at radius 3 is 2.82 bits per heavy atom. The summed E-state index contributed by atoms with van der Waals surface area (Å²) < 4.78 is 23.2. The van der Waals surface area contributed by atoms with Gasteiger partial charge in [0.15, 0.2) is 5.65 Å². The average molecular weight is 526 g/mol. The number of esters is 1. The van der Waals surface area contributed by atoms with Gasteiger partial charge in [-0.1, -0.05) is 0 Å². The monoisotopic (exact) mass is 525 g/mol. The van der Waals surface area contributed by atoms with Gasteiger partial charge in [-0.15, -0.1) is 0 Å². The van der Waals surface area contributed by atoms with Crippen LogP contribution in [0.3, 0.4) is 0 Å². The SMILES string of the molecule is CCOC(=O)CCN(Cc1ccco1)c1ncnc(Oc2cc(COC)c3c(C)nn(C)c3n2)c1[N+](=O)[O-]. The van der Waals surface area contributed by atoms with Crippen molar-refractivity contribution in [3.63, 3.8) is 0 Å². The van der Waals surface area contributed by atoms with Gasteiger partial charge >= 0.3 is 17.5 Å². The second-order valence-corrected chi connectivity index (χ2v) is 8.23. The molecule has 0 saturated carbocycles. The lowest BCUT2D eigenvalue weighted by molar-refractivity contribution is -0.385. The summed E-state index contributed by atoms with van der Waals surface area (Å²) in [6, 6.07) is 5.04. The van der Waals surface area contributed by atoms with Crippen LogP contribution in [0.5, 0.6) is 11.8 Å². The molecule has 0 fully saturated rings. The van der Waals surface area contributed by atoms with Crippen molar-refractivity contribution in [2.45, 2.75) is 33.4 Å². The predicted molar refractivity (Wildman–Crippen MR) is 134 cm³/mol. The fraction of sp³-hybridized carbons (Fsp3) is 0.375. The van der Waals surface area contributed by atoms with Gasteiger partial charge in [0, 0.05) is 32.2 Å². The lowest BCUT2D eigenvalue weighted by atomic mass is 10.1. The Labute approximate surface area is 217 Å². The van der Waals surface area contributed by atoms with Crippen LogP contribution in [0.1, 0.15) is 30.4 Å². The molecule has 14 nitrogen and oxygen atoms in total. The Bertz CT molecular complexity index is 1440. The molecule has 0 unspecified atom stereocenters. The van der Waals surface area contributed by atoms with Crippen LogP contribution in [0, 0.1) is 17.0 Å². The number of rotatable bonds is 12. The van der Waals surface area contributed by atoms with E-state index in [0.29, 0.717) is 11.4 Å². The van der Waals surface area contributed by atoms with Gasteiger partial charge in [0.25, 0.3) is 0 Å². The average Bonchev–Trinajstić information content (AvgIpc) is 3.49. The van der Waals surface area contributed by atoms with Crippen molar-refractivity contribution >= 4 is 28.5 Å². The summed E-state index contributed by atoms with van der Waals surface area (Å²) >= 11 is 0. The Morgan fingerprint density at radius 1 is 1.32 bits per heavy atom. The number of hydrogen-bond acceptors (Lipinski definition) is 12. The second kappa shape index (κ2) is 11.6. The molecule has 4 heterocycles. The van der Waals surface area contributed by atoms with E-state index in [-0.39, 0.29) is 50.3 Å². The first-order chi connectivity index (χ1) is 18.3. The number of carbonyl (C=O) groups is 1. The first kappa shape index (κ1) is 26.5. The molecule has 4 rings (SSSR count). The highest BCUT2D eigenvalue weighted by Gasteiger charge is 2.30. The van der Waals surface area contributed by atoms with Crippen LogP contribution < -0.4 is 9.64 Å². The first-order valence-electron chi connectivity index (χ1n) is 11.7. The number of nitro groups is 1. The molecule has 0 spiro atoms. The number of carbonyl (C=O) groups excluding carboxylic acids is 1. The minimum absolute atomic E-state index is 0.0235. The summed E-state index contributed by atoms with van der Waals surface area (Å²) in [5.74, 6) is -0.207. The number of hydrogen-bond donors (Lipinski definition) is 0. The summed E-state index contributed by atoms with van der Waals surface area (Å²) in [5.41, 5.74) is 1.56. The summed E-state index contributed by atoms with van der Waals surface area (Å²) in [6.07, 6.45) is 2.62. The molecular weight excluding hydrogens is 498 g/mol. The van der Waals surface area contributed by atoms with E-state index in [9.17, 15) is 14.9 Å². The Morgan fingerprint density at radius 2 is 2.13 bits per heavy atom. The number of anilines is 1.